The molecule has 0 saturated carbocycles. The smallest absolute Gasteiger partial charge is 0.411 e. The first-order valence-corrected chi connectivity index (χ1v) is 14.2. The predicted molar refractivity (Wildman–Crippen MR) is 157 cm³/mol. The minimum absolute atomic E-state index is 0.0879. The molecular weight excluding hydrogens is 580 g/mol. The molecule has 5 rings (SSSR count). The summed E-state index contributed by atoms with van der Waals surface area (Å²) in [6.45, 7) is 4.29. The summed E-state index contributed by atoms with van der Waals surface area (Å²) in [4.78, 5) is 42.6. The van der Waals surface area contributed by atoms with Gasteiger partial charge in [-0.25, -0.2) is 18.4 Å². The van der Waals surface area contributed by atoms with Crippen molar-refractivity contribution < 1.29 is 32.6 Å². The van der Waals surface area contributed by atoms with Crippen molar-refractivity contribution in [3.8, 4) is 11.1 Å². The molecule has 0 spiro atoms. The Morgan fingerprint density at radius 3 is 2.19 bits per heavy atom. The second-order valence-corrected chi connectivity index (χ2v) is 11.9. The number of amides is 3. The summed E-state index contributed by atoms with van der Waals surface area (Å²) < 4.78 is 41.9. The predicted octanol–water partition coefficient (Wildman–Crippen LogP) is 6.26. The lowest BCUT2D eigenvalue weighted by molar-refractivity contribution is -0.127. The first-order chi connectivity index (χ1) is 20.4. The highest BCUT2D eigenvalue weighted by Gasteiger charge is 2.55. The third kappa shape index (κ3) is 5.76. The number of hydrogen-bond acceptors (Lipinski definition) is 5. The lowest BCUT2D eigenvalue weighted by Gasteiger charge is -2.35. The van der Waals surface area contributed by atoms with Gasteiger partial charge < -0.3 is 14.8 Å². The van der Waals surface area contributed by atoms with Crippen molar-refractivity contribution in [1.29, 1.82) is 0 Å². The van der Waals surface area contributed by atoms with E-state index in [0.29, 0.717) is 0 Å². The Hall–Kier alpha value is -4.18. The minimum atomic E-state index is -2.05. The van der Waals surface area contributed by atoms with Gasteiger partial charge in [-0.3, -0.25) is 14.6 Å². The Bertz CT molecular complexity index is 1520. The van der Waals surface area contributed by atoms with E-state index in [9.17, 15) is 18.8 Å². The molecule has 0 aromatic heterocycles. The molecule has 1 fully saturated rings. The van der Waals surface area contributed by atoms with Gasteiger partial charge in [0, 0.05) is 18.7 Å². The van der Waals surface area contributed by atoms with Crippen LogP contribution in [0.25, 0.3) is 11.1 Å². The zero-order valence-electron chi connectivity index (χ0n) is 24.1. The number of carbonyl (C=O) groups is 3. The molecular formula is C32H32ClF2N3O5. The largest absolute Gasteiger partial charge is 0.453 e. The van der Waals surface area contributed by atoms with Gasteiger partial charge in [0.1, 0.15) is 17.5 Å². The van der Waals surface area contributed by atoms with Crippen LogP contribution in [-0.4, -0.2) is 65.4 Å². The standard InChI is InChI=1S/C32H32ClF2N3O5/c1-32(2,3)43-30(40)37-17-24(26(35)28(37)29(39)36-16-18-10-9-15-23(33)25(18)34)38(31(41)42-4)27-21-13-7-5-11-19(21)20-12-6-8-14-22(20)27/h5-15,24,26-28H,16-17H2,1-4H3,(H,36,39)/t24-,26+,28+/m1/s1. The van der Waals surface area contributed by atoms with Gasteiger partial charge in [0.25, 0.3) is 0 Å². The molecule has 3 atom stereocenters. The lowest BCUT2D eigenvalue weighted by atomic mass is 9.99. The molecule has 43 heavy (non-hydrogen) atoms. The van der Waals surface area contributed by atoms with E-state index in [4.69, 9.17) is 21.1 Å². The Morgan fingerprint density at radius 1 is 1.00 bits per heavy atom. The average molecular weight is 612 g/mol. The number of halogens is 3. The van der Waals surface area contributed by atoms with E-state index in [2.05, 4.69) is 5.32 Å². The molecule has 226 valence electrons. The van der Waals surface area contributed by atoms with Crippen LogP contribution in [0.5, 0.6) is 0 Å². The van der Waals surface area contributed by atoms with Gasteiger partial charge in [-0.2, -0.15) is 0 Å². The highest BCUT2D eigenvalue weighted by molar-refractivity contribution is 6.30. The van der Waals surface area contributed by atoms with Crippen LogP contribution in [-0.2, 0) is 20.8 Å². The topological polar surface area (TPSA) is 88.2 Å². The fraction of sp³-hybridized carbons (Fsp3) is 0.344. The Morgan fingerprint density at radius 2 is 1.60 bits per heavy atom. The van der Waals surface area contributed by atoms with E-state index in [0.717, 1.165) is 27.2 Å². The fourth-order valence-electron chi connectivity index (χ4n) is 5.77. The molecule has 2 aliphatic rings. The molecule has 0 unspecified atom stereocenters. The number of methoxy groups -OCH3 is 1. The minimum Gasteiger partial charge on any atom is -0.453 e. The third-order valence-corrected chi connectivity index (χ3v) is 7.88. The number of fused-ring (bicyclic) bond motifs is 3. The molecule has 1 saturated heterocycles. The Balaban J connectivity index is 1.52. The number of nitrogens with zero attached hydrogens (tertiary/aromatic N) is 2. The van der Waals surface area contributed by atoms with E-state index in [1.807, 2.05) is 48.5 Å². The molecule has 3 amide bonds. The zero-order valence-corrected chi connectivity index (χ0v) is 24.9. The van der Waals surface area contributed by atoms with Crippen LogP contribution >= 0.6 is 11.6 Å². The Labute approximate surface area is 253 Å². The number of rotatable bonds is 5. The summed E-state index contributed by atoms with van der Waals surface area (Å²) in [6, 6.07) is 15.6. The molecule has 11 heteroatoms. The van der Waals surface area contributed by atoms with Gasteiger partial charge in [-0.1, -0.05) is 72.3 Å². The summed E-state index contributed by atoms with van der Waals surface area (Å²) >= 11 is 5.87. The summed E-state index contributed by atoms with van der Waals surface area (Å²) in [5.41, 5.74) is 2.42. The maximum atomic E-state index is 16.7. The number of hydrogen-bond donors (Lipinski definition) is 1. The van der Waals surface area contributed by atoms with E-state index in [1.54, 1.807) is 20.8 Å². The van der Waals surface area contributed by atoms with Crippen molar-refractivity contribution >= 4 is 29.7 Å². The monoisotopic (exact) mass is 611 g/mol. The number of nitrogens with one attached hydrogen (secondary N) is 1. The molecule has 1 heterocycles. The zero-order chi connectivity index (χ0) is 31.1. The van der Waals surface area contributed by atoms with Gasteiger partial charge in [0.2, 0.25) is 5.91 Å². The normalized spacial score (nSPS) is 19.4. The van der Waals surface area contributed by atoms with Gasteiger partial charge >= 0.3 is 12.2 Å². The van der Waals surface area contributed by atoms with E-state index in [1.165, 1.54) is 30.2 Å². The van der Waals surface area contributed by atoms with Gasteiger partial charge in [-0.05, 0) is 49.1 Å². The fourth-order valence-corrected chi connectivity index (χ4v) is 5.97. The van der Waals surface area contributed by atoms with Gasteiger partial charge in [0.05, 0.1) is 24.2 Å². The highest BCUT2D eigenvalue weighted by Crippen LogP contribution is 2.48. The first-order valence-electron chi connectivity index (χ1n) is 13.8. The summed E-state index contributed by atoms with van der Waals surface area (Å²) in [7, 11) is 1.19. The molecule has 1 N–H and O–H groups in total. The number of alkyl halides is 1. The maximum Gasteiger partial charge on any atom is 0.411 e. The van der Waals surface area contributed by atoms with Gasteiger partial charge in [0.15, 0.2) is 6.17 Å². The second kappa shape index (κ2) is 11.8. The Kier molecular flexibility index (Phi) is 8.34. The van der Waals surface area contributed by atoms with Crippen LogP contribution in [0.15, 0.2) is 66.7 Å². The van der Waals surface area contributed by atoms with Crippen molar-refractivity contribution in [2.45, 2.75) is 57.2 Å². The average Bonchev–Trinajstić information content (AvgIpc) is 3.48. The van der Waals surface area contributed by atoms with Crippen LogP contribution in [0.2, 0.25) is 5.02 Å². The van der Waals surface area contributed by atoms with E-state index < -0.39 is 53.8 Å². The molecule has 0 bridgehead atoms. The third-order valence-electron chi connectivity index (χ3n) is 7.59. The molecule has 3 aromatic rings. The van der Waals surface area contributed by atoms with E-state index in [-0.39, 0.29) is 23.7 Å². The summed E-state index contributed by atoms with van der Waals surface area (Å²) in [5.74, 6) is -1.60. The molecule has 0 radical (unpaired) electrons. The van der Waals surface area contributed by atoms with Crippen LogP contribution in [0, 0.1) is 5.82 Å². The summed E-state index contributed by atoms with van der Waals surface area (Å²) in [5, 5.41) is 2.40. The van der Waals surface area contributed by atoms with Crippen molar-refractivity contribution in [2.24, 2.45) is 0 Å². The maximum absolute atomic E-state index is 16.7. The van der Waals surface area contributed by atoms with Crippen LogP contribution in [0.3, 0.4) is 0 Å². The van der Waals surface area contributed by atoms with E-state index >= 15 is 4.39 Å². The molecule has 3 aromatic carbocycles. The summed E-state index contributed by atoms with van der Waals surface area (Å²) in [6.07, 6.45) is -3.80. The van der Waals surface area contributed by atoms with Crippen molar-refractivity contribution in [1.82, 2.24) is 15.1 Å². The number of carbonyl (C=O) groups excluding carboxylic acids is 3. The highest BCUT2D eigenvalue weighted by atomic mass is 35.5. The van der Waals surface area contributed by atoms with Crippen LogP contribution < -0.4 is 5.32 Å². The number of likely N-dealkylation sites (tertiary alicyclic amines) is 1. The quantitative estimate of drug-likeness (QED) is 0.368. The molecule has 1 aliphatic carbocycles. The number of benzene rings is 3. The van der Waals surface area contributed by atoms with Crippen molar-refractivity contribution in [3.63, 3.8) is 0 Å². The molecule has 1 aliphatic heterocycles. The second-order valence-electron chi connectivity index (χ2n) is 11.5. The first kappa shape index (κ1) is 30.3. The SMILES string of the molecule is COC(=O)N(C1c2ccccc2-c2ccccc21)[C@@H]1CN(C(=O)OC(C)(C)C)[C@H](C(=O)NCc2cccc(Cl)c2F)[C@H]1F. The van der Waals surface area contributed by atoms with Crippen LogP contribution in [0.1, 0.15) is 43.5 Å². The number of ether oxygens (including phenoxy) is 2. The van der Waals surface area contributed by atoms with Crippen LogP contribution in [0.4, 0.5) is 18.4 Å². The molecule has 8 nitrogen and oxygen atoms in total. The van der Waals surface area contributed by atoms with Crippen molar-refractivity contribution in [2.75, 3.05) is 13.7 Å². The van der Waals surface area contributed by atoms with Gasteiger partial charge in [-0.15, -0.1) is 0 Å². The lowest BCUT2D eigenvalue weighted by Crippen LogP contribution is -2.51. The van der Waals surface area contributed by atoms with Crippen molar-refractivity contribution in [3.05, 3.63) is 94.3 Å².